The van der Waals surface area contributed by atoms with Crippen LogP contribution in [0.15, 0.2) is 144 Å². The molecule has 3 heterocycles. The van der Waals surface area contributed by atoms with Crippen LogP contribution in [0.2, 0.25) is 0 Å². The van der Waals surface area contributed by atoms with E-state index in [1.54, 1.807) is 0 Å². The molecular weight excluding hydrogens is 559 g/mol. The standard InChI is InChI=1S/C39H29N3OS/c1-3-11-24(12-4-1)27-16-10-20-33-35(27)30-22-21-26(23-34(30)44-33)38-40-37(25-13-5-2-6-14-25)41-39(42-38)31-18-9-17-29-28-15-7-8-19-32(28)43-36(29)31/h1-23,37-42H. The van der Waals surface area contributed by atoms with Crippen LogP contribution in [-0.2, 0) is 0 Å². The lowest BCUT2D eigenvalue weighted by molar-refractivity contribution is 0.203. The number of benzene rings is 6. The van der Waals surface area contributed by atoms with Crippen molar-refractivity contribution in [2.45, 2.75) is 18.5 Å². The lowest BCUT2D eigenvalue weighted by Crippen LogP contribution is -2.54. The van der Waals surface area contributed by atoms with Crippen molar-refractivity contribution in [3.63, 3.8) is 0 Å². The summed E-state index contributed by atoms with van der Waals surface area (Å²) >= 11 is 1.86. The third-order valence-electron chi connectivity index (χ3n) is 8.82. The van der Waals surface area contributed by atoms with E-state index in [1.165, 1.54) is 42.4 Å². The number of hydrogen-bond donors (Lipinski definition) is 3. The largest absolute Gasteiger partial charge is 0.456 e. The number of hydrogen-bond acceptors (Lipinski definition) is 5. The molecule has 0 amide bonds. The summed E-state index contributed by atoms with van der Waals surface area (Å²) in [5.41, 5.74) is 7.84. The van der Waals surface area contributed by atoms with Crippen LogP contribution in [0.3, 0.4) is 0 Å². The highest BCUT2D eigenvalue weighted by atomic mass is 32.1. The molecule has 212 valence electrons. The van der Waals surface area contributed by atoms with E-state index >= 15 is 0 Å². The molecule has 1 fully saturated rings. The quantitative estimate of drug-likeness (QED) is 0.192. The average molecular weight is 588 g/mol. The Morgan fingerprint density at radius 2 is 1.20 bits per heavy atom. The number of fused-ring (bicyclic) bond motifs is 6. The van der Waals surface area contributed by atoms with Gasteiger partial charge in [0.1, 0.15) is 11.2 Å². The van der Waals surface area contributed by atoms with Crippen LogP contribution >= 0.6 is 11.3 Å². The molecule has 0 radical (unpaired) electrons. The highest BCUT2D eigenvalue weighted by Crippen LogP contribution is 2.41. The maximum atomic E-state index is 6.46. The minimum absolute atomic E-state index is 0.0603. The molecule has 3 atom stereocenters. The minimum Gasteiger partial charge on any atom is -0.456 e. The topological polar surface area (TPSA) is 49.2 Å². The van der Waals surface area contributed by atoms with Gasteiger partial charge in [0.2, 0.25) is 0 Å². The smallest absolute Gasteiger partial charge is 0.141 e. The summed E-state index contributed by atoms with van der Waals surface area (Å²) in [5, 5.41) is 16.5. The second kappa shape index (κ2) is 10.4. The second-order valence-corrected chi connectivity index (χ2v) is 12.5. The molecule has 9 rings (SSSR count). The Kier molecular flexibility index (Phi) is 6.10. The zero-order valence-corrected chi connectivity index (χ0v) is 24.6. The normalized spacial score (nSPS) is 18.9. The molecule has 0 bridgehead atoms. The van der Waals surface area contributed by atoms with Gasteiger partial charge in [0.15, 0.2) is 0 Å². The Labute approximate surface area is 259 Å². The van der Waals surface area contributed by atoms with Gasteiger partial charge < -0.3 is 4.42 Å². The van der Waals surface area contributed by atoms with Gasteiger partial charge in [0, 0.05) is 36.5 Å². The van der Waals surface area contributed by atoms with Crippen LogP contribution < -0.4 is 16.0 Å². The monoisotopic (exact) mass is 587 g/mol. The van der Waals surface area contributed by atoms with Gasteiger partial charge in [0.05, 0.1) is 18.5 Å². The third kappa shape index (κ3) is 4.25. The van der Waals surface area contributed by atoms with E-state index < -0.39 is 0 Å². The Balaban J connectivity index is 1.15. The Hall–Kier alpha value is -4.78. The van der Waals surface area contributed by atoms with Crippen LogP contribution in [-0.4, -0.2) is 0 Å². The zero-order chi connectivity index (χ0) is 29.0. The Morgan fingerprint density at radius 3 is 2.07 bits per heavy atom. The second-order valence-electron chi connectivity index (χ2n) is 11.4. The highest BCUT2D eigenvalue weighted by molar-refractivity contribution is 7.26. The van der Waals surface area contributed by atoms with Crippen molar-refractivity contribution >= 4 is 53.4 Å². The molecule has 1 saturated heterocycles. The SMILES string of the molecule is c1ccc(-c2cccc3sc4cc(C5NC(c6ccccc6)NC(c6cccc7c6oc6ccccc67)N5)ccc4c23)cc1. The van der Waals surface area contributed by atoms with Crippen LogP contribution in [0.25, 0.3) is 53.2 Å². The molecule has 4 nitrogen and oxygen atoms in total. The van der Waals surface area contributed by atoms with E-state index in [0.717, 1.165) is 27.5 Å². The predicted octanol–water partition coefficient (Wildman–Crippen LogP) is 9.80. The maximum Gasteiger partial charge on any atom is 0.141 e. The molecule has 6 aromatic carbocycles. The van der Waals surface area contributed by atoms with Crippen molar-refractivity contribution in [2.75, 3.05) is 0 Å². The summed E-state index contributed by atoms with van der Waals surface area (Å²) in [4.78, 5) is 0. The summed E-state index contributed by atoms with van der Waals surface area (Å²) in [7, 11) is 0. The summed E-state index contributed by atoms with van der Waals surface area (Å²) in [6, 6.07) is 49.6. The fraction of sp³-hybridized carbons (Fsp3) is 0.0769. The molecule has 0 aliphatic carbocycles. The van der Waals surface area contributed by atoms with Crippen molar-refractivity contribution in [1.29, 1.82) is 0 Å². The molecule has 8 aromatic rings. The van der Waals surface area contributed by atoms with Crippen molar-refractivity contribution in [2.24, 2.45) is 0 Å². The van der Waals surface area contributed by atoms with Gasteiger partial charge in [-0.3, -0.25) is 16.0 Å². The fourth-order valence-corrected chi connectivity index (χ4v) is 7.91. The van der Waals surface area contributed by atoms with Crippen molar-refractivity contribution in [1.82, 2.24) is 16.0 Å². The van der Waals surface area contributed by atoms with Crippen LogP contribution in [0.5, 0.6) is 0 Å². The molecule has 0 saturated carbocycles. The van der Waals surface area contributed by atoms with E-state index in [9.17, 15) is 0 Å². The lowest BCUT2D eigenvalue weighted by Gasteiger charge is -2.39. The fourth-order valence-electron chi connectivity index (χ4n) is 6.73. The van der Waals surface area contributed by atoms with E-state index in [4.69, 9.17) is 4.42 Å². The average Bonchev–Trinajstić information content (AvgIpc) is 3.67. The number of para-hydroxylation sites is 2. The van der Waals surface area contributed by atoms with Gasteiger partial charge in [-0.25, -0.2) is 0 Å². The number of rotatable bonds is 4. The van der Waals surface area contributed by atoms with Crippen molar-refractivity contribution in [3.05, 3.63) is 156 Å². The van der Waals surface area contributed by atoms with E-state index in [1.807, 2.05) is 23.5 Å². The van der Waals surface area contributed by atoms with Gasteiger partial charge in [-0.1, -0.05) is 121 Å². The number of furan rings is 1. The molecule has 1 aliphatic rings. The first-order valence-corrected chi connectivity index (χ1v) is 15.9. The van der Waals surface area contributed by atoms with E-state index in [2.05, 4.69) is 143 Å². The zero-order valence-electron chi connectivity index (χ0n) is 23.8. The lowest BCUT2D eigenvalue weighted by atomic mass is 9.98. The summed E-state index contributed by atoms with van der Waals surface area (Å²) in [6.45, 7) is 0. The molecule has 0 spiro atoms. The Bertz CT molecular complexity index is 2290. The van der Waals surface area contributed by atoms with E-state index in [0.29, 0.717) is 0 Å². The van der Waals surface area contributed by atoms with Crippen LogP contribution in [0.4, 0.5) is 0 Å². The Morgan fingerprint density at radius 1 is 0.500 bits per heavy atom. The number of nitrogens with one attached hydrogen (secondary N) is 3. The number of thiophene rings is 1. The molecular formula is C39H29N3OS. The minimum atomic E-state index is -0.140. The molecule has 5 heteroatoms. The van der Waals surface area contributed by atoms with Gasteiger partial charge in [-0.15, -0.1) is 11.3 Å². The van der Waals surface area contributed by atoms with Gasteiger partial charge in [-0.2, -0.15) is 0 Å². The molecule has 2 aromatic heterocycles. The molecule has 3 unspecified atom stereocenters. The van der Waals surface area contributed by atoms with Crippen molar-refractivity contribution in [3.8, 4) is 11.1 Å². The first-order chi connectivity index (χ1) is 21.8. The van der Waals surface area contributed by atoms with E-state index in [-0.39, 0.29) is 18.5 Å². The van der Waals surface area contributed by atoms with Gasteiger partial charge in [-0.05, 0) is 40.5 Å². The summed E-state index contributed by atoms with van der Waals surface area (Å²) in [5.74, 6) is 0. The van der Waals surface area contributed by atoms with Crippen LogP contribution in [0.1, 0.15) is 35.2 Å². The van der Waals surface area contributed by atoms with Crippen molar-refractivity contribution < 1.29 is 4.42 Å². The van der Waals surface area contributed by atoms with Gasteiger partial charge in [0.25, 0.3) is 0 Å². The third-order valence-corrected chi connectivity index (χ3v) is 9.94. The maximum absolute atomic E-state index is 6.46. The molecule has 44 heavy (non-hydrogen) atoms. The summed E-state index contributed by atoms with van der Waals surface area (Å²) < 4.78 is 9.05. The molecule has 1 aliphatic heterocycles. The van der Waals surface area contributed by atoms with Crippen LogP contribution in [0, 0.1) is 0 Å². The highest BCUT2D eigenvalue weighted by Gasteiger charge is 2.31. The summed E-state index contributed by atoms with van der Waals surface area (Å²) in [6.07, 6.45) is -0.289. The first-order valence-electron chi connectivity index (χ1n) is 15.0. The predicted molar refractivity (Wildman–Crippen MR) is 183 cm³/mol. The molecule has 3 N–H and O–H groups in total. The first kappa shape index (κ1) is 25.7. The van der Waals surface area contributed by atoms with Gasteiger partial charge >= 0.3 is 0 Å².